The molecule has 0 aromatic heterocycles. The van der Waals surface area contributed by atoms with Crippen LogP contribution in [0.25, 0.3) is 0 Å². The molecule has 0 aliphatic rings. The molecule has 0 aliphatic heterocycles. The molecule has 0 saturated heterocycles. The Labute approximate surface area is 171 Å². The molecule has 0 amide bonds. The Morgan fingerprint density at radius 3 is 0.385 bits per heavy atom. The van der Waals surface area contributed by atoms with Gasteiger partial charge in [-0.25, -0.2) is 0 Å². The van der Waals surface area contributed by atoms with E-state index in [0.717, 1.165) is 41.5 Å². The maximum atomic E-state index is 8.89. The summed E-state index contributed by atoms with van der Waals surface area (Å²) in [6.45, 7) is 5.83. The number of hydrogen-bond donors (Lipinski definition) is 0. The number of aliphatic carboxylic acids is 6. The van der Waals surface area contributed by atoms with E-state index in [1.807, 2.05) is 0 Å². The summed E-state index contributed by atoms with van der Waals surface area (Å²) < 4.78 is 0. The molecule has 152 valence electrons. The molecule has 0 N–H and O–H groups in total. The number of carboxylic acids is 6. The van der Waals surface area contributed by atoms with Crippen LogP contribution in [0.4, 0.5) is 0 Å². The molecule has 0 rings (SSSR count). The van der Waals surface area contributed by atoms with E-state index in [1.54, 1.807) is 0 Å². The Kier molecular flexibility index (Phi) is 82.8. The van der Waals surface area contributed by atoms with Crippen LogP contribution in [-0.2, 0) is 63.2 Å². The van der Waals surface area contributed by atoms with E-state index < -0.39 is 35.8 Å². The third-order valence-corrected chi connectivity index (χ3v) is 0. The fraction of sp³-hybridized carbons (Fsp3) is 0.500. The molecule has 12 nitrogen and oxygen atoms in total. The molecule has 0 saturated carbocycles. The van der Waals surface area contributed by atoms with Crippen molar-refractivity contribution in [3.05, 3.63) is 0 Å². The van der Waals surface area contributed by atoms with Crippen LogP contribution in [0.1, 0.15) is 41.5 Å². The minimum atomic E-state index is -1.08. The third-order valence-electron chi connectivity index (χ3n) is 0. The van der Waals surface area contributed by atoms with Gasteiger partial charge in [0.25, 0.3) is 0 Å². The molecule has 2 radical (unpaired) electrons. The van der Waals surface area contributed by atoms with Crippen molar-refractivity contribution < 1.29 is 93.8 Å². The van der Waals surface area contributed by atoms with Gasteiger partial charge in [0.2, 0.25) is 0 Å². The molecule has 0 aromatic rings. The van der Waals surface area contributed by atoms with Crippen LogP contribution in [0.3, 0.4) is 0 Å². The van der Waals surface area contributed by atoms with E-state index in [2.05, 4.69) is 0 Å². The molecule has 26 heavy (non-hydrogen) atoms. The fourth-order valence-corrected chi connectivity index (χ4v) is 0. The molecular weight excluding hydrogens is 444 g/mol. The van der Waals surface area contributed by atoms with Gasteiger partial charge in [0.1, 0.15) is 0 Å². The quantitative estimate of drug-likeness (QED) is 0.305. The first kappa shape index (κ1) is 49.6. The summed E-state index contributed by atoms with van der Waals surface area (Å²) in [7, 11) is 0. The largest absolute Gasteiger partial charge is 3.00 e. The second-order valence-electron chi connectivity index (χ2n) is 2.95. The summed E-state index contributed by atoms with van der Waals surface area (Å²) >= 11 is 0. The van der Waals surface area contributed by atoms with Crippen LogP contribution in [0.2, 0.25) is 0 Å². The van der Waals surface area contributed by atoms with Gasteiger partial charge < -0.3 is 59.4 Å². The van der Waals surface area contributed by atoms with Gasteiger partial charge >= 0.3 is 34.4 Å². The minimum Gasteiger partial charge on any atom is -0.550 e. The minimum absolute atomic E-state index is 0. The van der Waals surface area contributed by atoms with Crippen LogP contribution in [-0.4, -0.2) is 35.8 Å². The summed E-state index contributed by atoms with van der Waals surface area (Å²) in [5.41, 5.74) is 0. The zero-order valence-electron chi connectivity index (χ0n) is 14.7. The summed E-state index contributed by atoms with van der Waals surface area (Å²) in [6.07, 6.45) is 0. The average molecular weight is 462 g/mol. The van der Waals surface area contributed by atoms with Gasteiger partial charge in [-0.05, 0) is 41.5 Å². The molecule has 0 aromatic carbocycles. The molecular formula is C12H18CrFeO12. The monoisotopic (exact) mass is 462 g/mol. The third kappa shape index (κ3) is 2100. The Morgan fingerprint density at radius 1 is 0.385 bits per heavy atom. The predicted octanol–water partition coefficient (Wildman–Crippen LogP) is -7.47. The van der Waals surface area contributed by atoms with E-state index in [0.29, 0.717) is 0 Å². The van der Waals surface area contributed by atoms with Crippen LogP contribution in [0.15, 0.2) is 0 Å². The Balaban J connectivity index is -0.0000000245. The number of carbonyl (C=O) groups is 6. The Hall–Kier alpha value is -2.13. The average Bonchev–Trinajstić information content (AvgIpc) is 2.08. The SMILES string of the molecule is CC(=O)[O-].CC(=O)[O-].CC(=O)[O-].CC(=O)[O-].CC(=O)[O-].CC(=O)[O-].[Cr+3].[Fe+3]. The molecule has 0 aliphatic carbocycles. The first-order chi connectivity index (χ1) is 10.4. The van der Waals surface area contributed by atoms with Gasteiger partial charge in [-0.3, -0.25) is 0 Å². The summed E-state index contributed by atoms with van der Waals surface area (Å²) in [5.74, 6) is -6.50. The molecule has 0 atom stereocenters. The molecule has 0 fully saturated rings. The Morgan fingerprint density at radius 2 is 0.385 bits per heavy atom. The van der Waals surface area contributed by atoms with Crippen LogP contribution >= 0.6 is 0 Å². The zero-order chi connectivity index (χ0) is 21.5. The molecule has 0 spiro atoms. The molecule has 0 unspecified atom stereocenters. The Bertz CT molecular complexity index is 267. The van der Waals surface area contributed by atoms with E-state index >= 15 is 0 Å². The van der Waals surface area contributed by atoms with Crippen molar-refractivity contribution >= 4 is 35.8 Å². The number of carboxylic acid groups (broad SMARTS) is 6. The number of hydrogen-bond acceptors (Lipinski definition) is 12. The van der Waals surface area contributed by atoms with Crippen molar-refractivity contribution in [2.75, 3.05) is 0 Å². The first-order valence-electron chi connectivity index (χ1n) is 5.45. The standard InChI is InChI=1S/6C2H4O2.Cr.Fe/c6*1-2(3)4;;/h6*1H3,(H,3,4);;/q;;;;;;2*+3/p-6. The maximum Gasteiger partial charge on any atom is 3.00 e. The zero-order valence-corrected chi connectivity index (χ0v) is 17.0. The van der Waals surface area contributed by atoms with Crippen molar-refractivity contribution in [3.63, 3.8) is 0 Å². The summed E-state index contributed by atoms with van der Waals surface area (Å²) in [6, 6.07) is 0. The van der Waals surface area contributed by atoms with E-state index in [9.17, 15) is 0 Å². The van der Waals surface area contributed by atoms with Gasteiger partial charge in [-0.1, -0.05) is 0 Å². The normalized spacial score (nSPS) is 5.77. The topological polar surface area (TPSA) is 241 Å². The maximum absolute atomic E-state index is 8.89. The van der Waals surface area contributed by atoms with Crippen molar-refractivity contribution in [2.45, 2.75) is 41.5 Å². The molecule has 0 bridgehead atoms. The number of carbonyl (C=O) groups excluding carboxylic acids is 6. The van der Waals surface area contributed by atoms with Crippen LogP contribution in [0, 0.1) is 0 Å². The van der Waals surface area contributed by atoms with Crippen molar-refractivity contribution in [1.29, 1.82) is 0 Å². The van der Waals surface area contributed by atoms with Gasteiger partial charge in [-0.2, -0.15) is 0 Å². The second-order valence-corrected chi connectivity index (χ2v) is 2.95. The van der Waals surface area contributed by atoms with Crippen molar-refractivity contribution in [2.24, 2.45) is 0 Å². The second kappa shape index (κ2) is 43.4. The predicted molar refractivity (Wildman–Crippen MR) is 64.1 cm³/mol. The van der Waals surface area contributed by atoms with E-state index in [4.69, 9.17) is 59.4 Å². The number of rotatable bonds is 0. The van der Waals surface area contributed by atoms with Gasteiger partial charge in [0.05, 0.1) is 0 Å². The summed E-state index contributed by atoms with van der Waals surface area (Å²) in [5, 5.41) is 53.3. The van der Waals surface area contributed by atoms with Gasteiger partial charge in [0.15, 0.2) is 0 Å². The fourth-order valence-electron chi connectivity index (χ4n) is 0. The molecule has 0 heterocycles. The van der Waals surface area contributed by atoms with E-state index in [-0.39, 0.29) is 34.4 Å². The summed E-state index contributed by atoms with van der Waals surface area (Å²) in [4.78, 5) is 53.3. The van der Waals surface area contributed by atoms with E-state index in [1.165, 1.54) is 0 Å². The smallest absolute Gasteiger partial charge is 0.550 e. The van der Waals surface area contributed by atoms with Crippen molar-refractivity contribution in [3.8, 4) is 0 Å². The van der Waals surface area contributed by atoms with Crippen LogP contribution in [0.5, 0.6) is 0 Å². The van der Waals surface area contributed by atoms with Gasteiger partial charge in [-0.15, -0.1) is 0 Å². The molecule has 14 heteroatoms. The van der Waals surface area contributed by atoms with Gasteiger partial charge in [0, 0.05) is 35.8 Å². The van der Waals surface area contributed by atoms with Crippen LogP contribution < -0.4 is 30.6 Å². The first-order valence-corrected chi connectivity index (χ1v) is 5.45. The van der Waals surface area contributed by atoms with Crippen molar-refractivity contribution in [1.82, 2.24) is 0 Å².